The number of aliphatic hydroxyl groups excluding tert-OH is 1. The fourth-order valence-corrected chi connectivity index (χ4v) is 7.13. The van der Waals surface area contributed by atoms with Crippen molar-refractivity contribution < 1.29 is 43.2 Å². The molecule has 5 rings (SSSR count). The molecule has 1 fully saturated rings. The molecule has 16 nitrogen and oxygen atoms in total. The van der Waals surface area contributed by atoms with E-state index in [0.29, 0.717) is 17.8 Å². The van der Waals surface area contributed by atoms with Crippen molar-refractivity contribution in [3.63, 3.8) is 0 Å². The number of hydrogen-bond donors (Lipinski definition) is 5. The van der Waals surface area contributed by atoms with Crippen LogP contribution in [0.3, 0.4) is 0 Å². The van der Waals surface area contributed by atoms with Gasteiger partial charge in [-0.15, -0.1) is 11.8 Å². The van der Waals surface area contributed by atoms with E-state index in [1.165, 1.54) is 23.1 Å². The molecule has 20 heteroatoms. The molecule has 0 aromatic carbocycles. The third kappa shape index (κ3) is 5.65. The summed E-state index contributed by atoms with van der Waals surface area (Å²) < 4.78 is 21.2. The number of thiazole rings is 1. The zero-order valence-corrected chi connectivity index (χ0v) is 23.8. The van der Waals surface area contributed by atoms with E-state index in [4.69, 9.17) is 10.6 Å². The number of nitrogen functional groups attached to an aromatic ring is 1. The molecule has 3 aromatic rings. The quantitative estimate of drug-likeness (QED) is 0.0499. The van der Waals surface area contributed by atoms with Gasteiger partial charge < -0.3 is 31.4 Å². The molecule has 222 valence electrons. The van der Waals surface area contributed by atoms with Crippen molar-refractivity contribution in [3.8, 4) is 0 Å². The van der Waals surface area contributed by atoms with Gasteiger partial charge in [-0.05, 0) is 0 Å². The van der Waals surface area contributed by atoms with Gasteiger partial charge in [0.2, 0.25) is 11.2 Å². The molecule has 2 aliphatic rings. The largest absolute Gasteiger partial charge is 0.477 e. The lowest BCUT2D eigenvalue weighted by Crippen LogP contribution is -2.70. The number of carbonyl (C=O) groups is 4. The summed E-state index contributed by atoms with van der Waals surface area (Å²) in [7, 11) is 0. The van der Waals surface area contributed by atoms with Crippen LogP contribution in [0.5, 0.6) is 0 Å². The number of rotatable bonds is 13. The Balaban J connectivity index is 1.26. The second-order valence-electron chi connectivity index (χ2n) is 8.89. The lowest BCUT2D eigenvalue weighted by molar-refractivity contribution is -0.696. The number of carbonyl (C=O) groups excluding carboxylic acids is 3. The molecular formula is C22H23FN9O7S3+. The summed E-state index contributed by atoms with van der Waals surface area (Å²) in [6, 6.07) is -1.77. The highest BCUT2D eigenvalue weighted by molar-refractivity contribution is 8.00. The number of aliphatic carboxylic acids is 1. The van der Waals surface area contributed by atoms with E-state index in [1.807, 2.05) is 5.38 Å². The minimum atomic E-state index is -1.71. The maximum Gasteiger partial charge on any atom is 0.352 e. The zero-order valence-electron chi connectivity index (χ0n) is 21.3. The van der Waals surface area contributed by atoms with Crippen molar-refractivity contribution >= 4 is 75.0 Å². The van der Waals surface area contributed by atoms with E-state index in [0.717, 1.165) is 27.5 Å². The van der Waals surface area contributed by atoms with Gasteiger partial charge in [0, 0.05) is 28.2 Å². The first kappa shape index (κ1) is 29.4. The topological polar surface area (TPSA) is 218 Å². The van der Waals surface area contributed by atoms with Gasteiger partial charge in [-0.2, -0.15) is 8.77 Å². The highest BCUT2D eigenvalue weighted by Crippen LogP contribution is 2.40. The second kappa shape index (κ2) is 12.4. The highest BCUT2D eigenvalue weighted by Gasteiger charge is 2.54. The monoisotopic (exact) mass is 640 g/mol. The number of anilines is 1. The molecule has 0 bridgehead atoms. The Morgan fingerprint density at radius 3 is 2.93 bits per heavy atom. The number of aromatic nitrogens is 4. The Morgan fingerprint density at radius 2 is 2.24 bits per heavy atom. The van der Waals surface area contributed by atoms with E-state index in [-0.39, 0.29) is 29.0 Å². The number of imidazole rings is 1. The van der Waals surface area contributed by atoms with Crippen LogP contribution in [0.2, 0.25) is 0 Å². The van der Waals surface area contributed by atoms with Crippen LogP contribution in [0.4, 0.5) is 9.52 Å². The van der Waals surface area contributed by atoms with Crippen LogP contribution in [0.25, 0.3) is 4.83 Å². The predicted molar refractivity (Wildman–Crippen MR) is 147 cm³/mol. The number of nitrogens with two attached hydrogens (primary N) is 1. The fraction of sp³-hybridized carbons (Fsp3) is 0.364. The average Bonchev–Trinajstić information content (AvgIpc) is 3.69. The number of carboxylic acids is 1. The van der Waals surface area contributed by atoms with Gasteiger partial charge in [0.25, 0.3) is 17.6 Å². The molecule has 1 unspecified atom stereocenters. The van der Waals surface area contributed by atoms with Crippen LogP contribution in [0.1, 0.15) is 23.9 Å². The standard InChI is InChI=1S/C22H22FN9O7S3/c23-11(17-28-22(24)42-29-17)7-39-26-3-13(35)27-15-19(36)32-16(21(37)38)10(8-41-20(15)32)4-30-5-14-31(1-2-40-14)18(30)12(6-33)25-9-34/h1-3,5,9,11-12,15,20,33H,4,6-8H2,(H4-,24,25,27,28,29,34,35,37,38)/p+1/b26-3-/t11?,12-,15+,20+/m0/s1. The minimum absolute atomic E-state index is 0.0749. The molecule has 6 N–H and O–H groups in total. The minimum Gasteiger partial charge on any atom is -0.477 e. The lowest BCUT2D eigenvalue weighted by atomic mass is 10.0. The number of alkyl halides is 1. The Hall–Kier alpha value is -4.14. The highest BCUT2D eigenvalue weighted by atomic mass is 32.2. The Bertz CT molecular complexity index is 1590. The molecule has 3 amide bonds. The molecule has 2 aliphatic heterocycles. The summed E-state index contributed by atoms with van der Waals surface area (Å²) in [4.78, 5) is 59.1. The van der Waals surface area contributed by atoms with Gasteiger partial charge in [0.05, 0.1) is 6.61 Å². The number of halogens is 1. The van der Waals surface area contributed by atoms with E-state index in [9.17, 15) is 33.8 Å². The normalized spacial score (nSPS) is 19.9. The first-order chi connectivity index (χ1) is 20.2. The number of hydrogen-bond acceptors (Lipinski definition) is 13. The van der Waals surface area contributed by atoms with E-state index in [2.05, 4.69) is 25.1 Å². The molecule has 42 heavy (non-hydrogen) atoms. The van der Waals surface area contributed by atoms with Crippen LogP contribution in [-0.4, -0.2) is 89.7 Å². The summed E-state index contributed by atoms with van der Waals surface area (Å²) >= 11 is 3.51. The Kier molecular flexibility index (Phi) is 8.66. The number of β-lactam (4-membered cyclic amide) rings is 1. The third-order valence-electron chi connectivity index (χ3n) is 6.32. The van der Waals surface area contributed by atoms with Crippen molar-refractivity contribution in [3.05, 3.63) is 40.7 Å². The van der Waals surface area contributed by atoms with Crippen molar-refractivity contribution in [1.29, 1.82) is 0 Å². The Labute approximate surface area is 247 Å². The number of nitrogens with one attached hydrogen (secondary N) is 2. The Morgan fingerprint density at radius 1 is 1.43 bits per heavy atom. The maximum absolute atomic E-state index is 14.0. The first-order valence-electron chi connectivity index (χ1n) is 12.1. The predicted octanol–water partition coefficient (Wildman–Crippen LogP) is -1.05. The summed E-state index contributed by atoms with van der Waals surface area (Å²) in [5.41, 5.74) is 5.64. The van der Waals surface area contributed by atoms with E-state index in [1.54, 1.807) is 21.4 Å². The molecule has 0 spiro atoms. The second-order valence-corrected chi connectivity index (χ2v) is 11.7. The van der Waals surface area contributed by atoms with Crippen LogP contribution < -0.4 is 20.9 Å². The number of amides is 3. The third-order valence-corrected chi connectivity index (χ3v) is 9.02. The average molecular weight is 641 g/mol. The van der Waals surface area contributed by atoms with Gasteiger partial charge >= 0.3 is 5.97 Å². The van der Waals surface area contributed by atoms with Crippen molar-refractivity contribution in [2.75, 3.05) is 24.7 Å². The maximum atomic E-state index is 14.0. The van der Waals surface area contributed by atoms with Crippen LogP contribution in [-0.2, 0) is 30.6 Å². The molecule has 5 heterocycles. The van der Waals surface area contributed by atoms with Crippen LogP contribution in [0, 0.1) is 0 Å². The number of fused-ring (bicyclic) bond motifs is 2. The van der Waals surface area contributed by atoms with Crippen LogP contribution >= 0.6 is 34.6 Å². The van der Waals surface area contributed by atoms with Crippen molar-refractivity contribution in [2.45, 2.75) is 30.2 Å². The molecule has 0 saturated carbocycles. The summed E-state index contributed by atoms with van der Waals surface area (Å²) in [6.45, 7) is -0.880. The molecule has 4 atom stereocenters. The van der Waals surface area contributed by atoms with Gasteiger partial charge in [0.1, 0.15) is 42.3 Å². The van der Waals surface area contributed by atoms with E-state index < -0.39 is 54.6 Å². The summed E-state index contributed by atoms with van der Waals surface area (Å²) in [6.07, 6.45) is 3.04. The molecule has 3 aromatic heterocycles. The van der Waals surface area contributed by atoms with Gasteiger partial charge in [-0.3, -0.25) is 19.3 Å². The number of oxime groups is 1. The number of nitrogens with zero attached hydrogens (tertiary/aromatic N) is 6. The van der Waals surface area contributed by atoms with Crippen molar-refractivity contribution in [1.82, 2.24) is 29.3 Å². The zero-order chi connectivity index (χ0) is 30.0. The molecule has 0 aliphatic carbocycles. The fourth-order valence-electron chi connectivity index (χ4n) is 4.54. The van der Waals surface area contributed by atoms with E-state index >= 15 is 0 Å². The van der Waals surface area contributed by atoms with Gasteiger partial charge in [-0.1, -0.05) is 16.5 Å². The SMILES string of the molecule is Nc1nc(C(F)CO/N=C\C(=O)N[C@@H]2C(=O)N3C(C(=O)O)=C(C[n+]4cc5sccn5c4[C@H](CO)NC=O)CS[C@H]23)ns1. The van der Waals surface area contributed by atoms with Gasteiger partial charge in [0.15, 0.2) is 29.8 Å². The first-order valence-corrected chi connectivity index (χ1v) is 14.8. The number of carboxylic acid groups (broad SMARTS) is 1. The summed E-state index contributed by atoms with van der Waals surface area (Å²) in [5.74, 6) is -2.14. The molecular weight excluding hydrogens is 617 g/mol. The molecule has 1 saturated heterocycles. The van der Waals surface area contributed by atoms with Crippen LogP contribution in [0.15, 0.2) is 34.2 Å². The smallest absolute Gasteiger partial charge is 0.352 e. The lowest BCUT2D eigenvalue weighted by Gasteiger charge is -2.49. The van der Waals surface area contributed by atoms with Crippen molar-refractivity contribution in [2.24, 2.45) is 5.16 Å². The van der Waals surface area contributed by atoms with Gasteiger partial charge in [-0.25, -0.2) is 18.7 Å². The number of thioether (sulfide) groups is 1. The molecule has 0 radical (unpaired) electrons. The number of aliphatic hydroxyl groups is 1. The summed E-state index contributed by atoms with van der Waals surface area (Å²) in [5, 5.41) is 29.6.